The first-order valence-electron chi connectivity index (χ1n) is 6.52. The Morgan fingerprint density at radius 3 is 3.00 bits per heavy atom. The Labute approximate surface area is 108 Å². The molecule has 0 radical (unpaired) electrons. The molecule has 1 aromatic heterocycles. The van der Waals surface area contributed by atoms with Crippen molar-refractivity contribution in [1.29, 1.82) is 0 Å². The van der Waals surface area contributed by atoms with Gasteiger partial charge in [-0.25, -0.2) is 0 Å². The lowest BCUT2D eigenvalue weighted by molar-refractivity contribution is 0.160. The molecule has 18 heavy (non-hydrogen) atoms. The van der Waals surface area contributed by atoms with Gasteiger partial charge in [0.25, 0.3) is 0 Å². The Balaban J connectivity index is 1.91. The summed E-state index contributed by atoms with van der Waals surface area (Å²) in [5.41, 5.74) is 2.17. The molecular weight excluding hydrogens is 224 g/mol. The van der Waals surface area contributed by atoms with E-state index in [-0.39, 0.29) is 6.10 Å². The Hall–Kier alpha value is -1.45. The number of nitrogens with zero attached hydrogens (tertiary/aromatic N) is 1. The standard InChI is InChI=1S/C15H20N2O/c1-2-5-14(18)11-16-9-12-8-13-6-3-4-7-15(13)17-10-12/h3-4,6-8,10,14,16,18H,2,5,9,11H2,1H3. The summed E-state index contributed by atoms with van der Waals surface area (Å²) in [5, 5.41) is 14.0. The van der Waals surface area contributed by atoms with E-state index >= 15 is 0 Å². The number of pyridine rings is 1. The van der Waals surface area contributed by atoms with Crippen molar-refractivity contribution in [3.8, 4) is 0 Å². The molecule has 0 saturated carbocycles. The molecule has 2 aromatic rings. The highest BCUT2D eigenvalue weighted by atomic mass is 16.3. The van der Waals surface area contributed by atoms with Gasteiger partial charge in [0.15, 0.2) is 0 Å². The third-order valence-corrected chi connectivity index (χ3v) is 2.98. The molecule has 1 unspecified atom stereocenters. The van der Waals surface area contributed by atoms with Crippen molar-refractivity contribution < 1.29 is 5.11 Å². The molecule has 2 rings (SSSR count). The SMILES string of the molecule is CCCC(O)CNCc1cnc2ccccc2c1. The lowest BCUT2D eigenvalue weighted by Gasteiger charge is -2.10. The number of fused-ring (bicyclic) bond motifs is 1. The number of hydrogen-bond acceptors (Lipinski definition) is 3. The average Bonchev–Trinajstić information content (AvgIpc) is 2.39. The molecule has 3 heteroatoms. The zero-order valence-electron chi connectivity index (χ0n) is 10.8. The van der Waals surface area contributed by atoms with Gasteiger partial charge in [-0.05, 0) is 24.1 Å². The first-order valence-corrected chi connectivity index (χ1v) is 6.52. The number of nitrogens with one attached hydrogen (secondary N) is 1. The molecular formula is C15H20N2O. The quantitative estimate of drug-likeness (QED) is 0.820. The molecule has 0 aliphatic rings. The predicted molar refractivity (Wildman–Crippen MR) is 74.4 cm³/mol. The number of hydrogen-bond donors (Lipinski definition) is 2. The Kier molecular flexibility index (Phi) is 4.67. The molecule has 1 aromatic carbocycles. The van der Waals surface area contributed by atoms with E-state index in [0.717, 1.165) is 35.9 Å². The zero-order valence-corrected chi connectivity index (χ0v) is 10.8. The van der Waals surface area contributed by atoms with Crippen molar-refractivity contribution in [2.24, 2.45) is 0 Å². The van der Waals surface area contributed by atoms with E-state index in [1.165, 1.54) is 0 Å². The number of benzene rings is 1. The second-order valence-electron chi connectivity index (χ2n) is 4.61. The van der Waals surface area contributed by atoms with Gasteiger partial charge in [0.1, 0.15) is 0 Å². The number of aromatic nitrogens is 1. The molecule has 96 valence electrons. The third-order valence-electron chi connectivity index (χ3n) is 2.98. The summed E-state index contributed by atoms with van der Waals surface area (Å²) < 4.78 is 0. The number of aliphatic hydroxyl groups excluding tert-OH is 1. The summed E-state index contributed by atoms with van der Waals surface area (Å²) in [5.74, 6) is 0. The molecule has 0 bridgehead atoms. The van der Waals surface area contributed by atoms with Crippen molar-refractivity contribution in [3.05, 3.63) is 42.1 Å². The third kappa shape index (κ3) is 3.52. The first-order chi connectivity index (χ1) is 8.79. The van der Waals surface area contributed by atoms with E-state index < -0.39 is 0 Å². The van der Waals surface area contributed by atoms with E-state index in [0.29, 0.717) is 6.54 Å². The number of rotatable bonds is 6. The fourth-order valence-electron chi connectivity index (χ4n) is 2.03. The highest BCUT2D eigenvalue weighted by Gasteiger charge is 2.02. The predicted octanol–water partition coefficient (Wildman–Crippen LogP) is 2.49. The second kappa shape index (κ2) is 6.47. The minimum absolute atomic E-state index is 0.247. The van der Waals surface area contributed by atoms with Crippen LogP contribution >= 0.6 is 0 Å². The van der Waals surface area contributed by atoms with E-state index in [1.807, 2.05) is 24.4 Å². The van der Waals surface area contributed by atoms with Crippen molar-refractivity contribution in [3.63, 3.8) is 0 Å². The normalized spacial score (nSPS) is 12.8. The minimum Gasteiger partial charge on any atom is -0.392 e. The monoisotopic (exact) mass is 244 g/mol. The molecule has 0 spiro atoms. The topological polar surface area (TPSA) is 45.1 Å². The van der Waals surface area contributed by atoms with Gasteiger partial charge >= 0.3 is 0 Å². The van der Waals surface area contributed by atoms with Crippen molar-refractivity contribution >= 4 is 10.9 Å². The summed E-state index contributed by atoms with van der Waals surface area (Å²) in [6.45, 7) is 3.47. The summed E-state index contributed by atoms with van der Waals surface area (Å²) in [7, 11) is 0. The first kappa shape index (κ1) is 13.0. The van der Waals surface area contributed by atoms with Crippen LogP contribution in [0.2, 0.25) is 0 Å². The molecule has 0 aliphatic heterocycles. The molecule has 0 saturated heterocycles. The fourth-order valence-corrected chi connectivity index (χ4v) is 2.03. The second-order valence-corrected chi connectivity index (χ2v) is 4.61. The van der Waals surface area contributed by atoms with Crippen LogP contribution in [-0.2, 0) is 6.54 Å². The molecule has 0 fully saturated rings. The van der Waals surface area contributed by atoms with Crippen molar-refractivity contribution in [2.45, 2.75) is 32.4 Å². The van der Waals surface area contributed by atoms with Gasteiger partial charge in [0.05, 0.1) is 11.6 Å². The van der Waals surface area contributed by atoms with Crippen LogP contribution in [0.1, 0.15) is 25.3 Å². The highest BCUT2D eigenvalue weighted by Crippen LogP contribution is 2.12. The molecule has 0 aliphatic carbocycles. The van der Waals surface area contributed by atoms with Gasteiger partial charge in [0, 0.05) is 24.7 Å². The zero-order chi connectivity index (χ0) is 12.8. The van der Waals surface area contributed by atoms with Crippen molar-refractivity contribution in [1.82, 2.24) is 10.3 Å². The highest BCUT2D eigenvalue weighted by molar-refractivity contribution is 5.78. The summed E-state index contributed by atoms with van der Waals surface area (Å²) in [6, 6.07) is 10.2. The van der Waals surface area contributed by atoms with Crippen molar-refractivity contribution in [2.75, 3.05) is 6.54 Å². The van der Waals surface area contributed by atoms with E-state index in [4.69, 9.17) is 0 Å². The lowest BCUT2D eigenvalue weighted by Crippen LogP contribution is -2.26. The maximum absolute atomic E-state index is 9.62. The van der Waals surface area contributed by atoms with Crippen LogP contribution in [0.5, 0.6) is 0 Å². The Morgan fingerprint density at radius 2 is 2.17 bits per heavy atom. The van der Waals surface area contributed by atoms with Gasteiger partial charge < -0.3 is 10.4 Å². The fraction of sp³-hybridized carbons (Fsp3) is 0.400. The molecule has 1 heterocycles. The smallest absolute Gasteiger partial charge is 0.0702 e. The van der Waals surface area contributed by atoms with Crippen LogP contribution in [0.4, 0.5) is 0 Å². The van der Waals surface area contributed by atoms with E-state index in [2.05, 4.69) is 29.4 Å². The molecule has 2 N–H and O–H groups in total. The molecule has 3 nitrogen and oxygen atoms in total. The van der Waals surface area contributed by atoms with Crippen LogP contribution in [0.3, 0.4) is 0 Å². The largest absolute Gasteiger partial charge is 0.392 e. The molecule has 0 amide bonds. The lowest BCUT2D eigenvalue weighted by atomic mass is 10.1. The van der Waals surface area contributed by atoms with Gasteiger partial charge in [-0.1, -0.05) is 31.5 Å². The van der Waals surface area contributed by atoms with Gasteiger partial charge in [-0.3, -0.25) is 4.98 Å². The maximum atomic E-state index is 9.62. The van der Waals surface area contributed by atoms with Crippen LogP contribution in [-0.4, -0.2) is 22.7 Å². The average molecular weight is 244 g/mol. The summed E-state index contributed by atoms with van der Waals surface area (Å²) >= 11 is 0. The Bertz CT molecular complexity index is 499. The molecule has 1 atom stereocenters. The summed E-state index contributed by atoms with van der Waals surface area (Å²) in [6.07, 6.45) is 3.51. The minimum atomic E-state index is -0.247. The van der Waals surface area contributed by atoms with Crippen LogP contribution < -0.4 is 5.32 Å². The maximum Gasteiger partial charge on any atom is 0.0702 e. The van der Waals surface area contributed by atoms with Gasteiger partial charge in [-0.2, -0.15) is 0 Å². The number of para-hydroxylation sites is 1. The van der Waals surface area contributed by atoms with Crippen LogP contribution in [0, 0.1) is 0 Å². The van der Waals surface area contributed by atoms with Gasteiger partial charge in [-0.15, -0.1) is 0 Å². The van der Waals surface area contributed by atoms with Crippen LogP contribution in [0.15, 0.2) is 36.5 Å². The van der Waals surface area contributed by atoms with E-state index in [1.54, 1.807) is 0 Å². The van der Waals surface area contributed by atoms with Crippen LogP contribution in [0.25, 0.3) is 10.9 Å². The van der Waals surface area contributed by atoms with E-state index in [9.17, 15) is 5.11 Å². The van der Waals surface area contributed by atoms with Gasteiger partial charge in [0.2, 0.25) is 0 Å². The number of aliphatic hydroxyl groups is 1. The summed E-state index contributed by atoms with van der Waals surface area (Å²) in [4.78, 5) is 4.41. The Morgan fingerprint density at radius 1 is 1.33 bits per heavy atom.